The monoisotopic (exact) mass is 389 g/mol. The second kappa shape index (κ2) is 6.86. The Morgan fingerprint density at radius 1 is 0.867 bits per heavy atom. The van der Waals surface area contributed by atoms with Crippen LogP contribution in [-0.2, 0) is 7.05 Å². The zero-order valence-electron chi connectivity index (χ0n) is 17.2. The summed E-state index contributed by atoms with van der Waals surface area (Å²) in [5.74, 6) is 0. The summed E-state index contributed by atoms with van der Waals surface area (Å²) in [6.45, 7) is 4.18. The van der Waals surface area contributed by atoms with Crippen molar-refractivity contribution in [2.24, 2.45) is 7.05 Å². The zero-order chi connectivity index (χ0) is 20.8. The third-order valence-corrected chi connectivity index (χ3v) is 5.79. The molecule has 5 aromatic rings. The molecular formula is C27H21N2O+. The van der Waals surface area contributed by atoms with Gasteiger partial charge >= 0.3 is 0 Å². The second-order valence-corrected chi connectivity index (χ2v) is 7.78. The minimum absolute atomic E-state index is 0.554. The molecular weight excluding hydrogens is 368 g/mol. The molecule has 0 aliphatic heterocycles. The SMILES string of the molecule is Cc1ccc(-c2ccc(C#N)c3oc4c(-c5cccc[n+]5C)c(C)ccc4c23)cc1. The largest absolute Gasteiger partial charge is 0.454 e. The number of nitriles is 1. The van der Waals surface area contributed by atoms with Gasteiger partial charge < -0.3 is 4.42 Å². The number of benzene rings is 3. The third kappa shape index (κ3) is 2.69. The van der Waals surface area contributed by atoms with E-state index in [0.29, 0.717) is 11.1 Å². The molecule has 0 saturated heterocycles. The molecule has 3 aromatic carbocycles. The number of aryl methyl sites for hydroxylation is 3. The first-order valence-electron chi connectivity index (χ1n) is 9.99. The molecule has 0 radical (unpaired) electrons. The quantitative estimate of drug-likeness (QED) is 0.336. The molecule has 3 heteroatoms. The lowest BCUT2D eigenvalue weighted by molar-refractivity contribution is -0.660. The van der Waals surface area contributed by atoms with Crippen molar-refractivity contribution in [3.05, 3.63) is 89.6 Å². The fourth-order valence-corrected chi connectivity index (χ4v) is 4.21. The predicted molar refractivity (Wildman–Crippen MR) is 120 cm³/mol. The van der Waals surface area contributed by atoms with E-state index in [1.807, 2.05) is 37.5 Å². The third-order valence-electron chi connectivity index (χ3n) is 5.79. The summed E-state index contributed by atoms with van der Waals surface area (Å²) in [4.78, 5) is 0. The van der Waals surface area contributed by atoms with Gasteiger partial charge in [-0.1, -0.05) is 48.0 Å². The molecule has 0 fully saturated rings. The Morgan fingerprint density at radius 3 is 2.40 bits per heavy atom. The van der Waals surface area contributed by atoms with E-state index in [1.54, 1.807) is 0 Å². The first-order valence-corrected chi connectivity index (χ1v) is 9.99. The van der Waals surface area contributed by atoms with E-state index < -0.39 is 0 Å². The smallest absolute Gasteiger partial charge is 0.216 e. The summed E-state index contributed by atoms with van der Waals surface area (Å²) in [6, 6.07) is 25.1. The molecule has 3 nitrogen and oxygen atoms in total. The molecule has 0 bridgehead atoms. The van der Waals surface area contributed by atoms with Crippen LogP contribution in [0.5, 0.6) is 0 Å². The van der Waals surface area contributed by atoms with Crippen molar-refractivity contribution in [3.8, 4) is 28.5 Å². The van der Waals surface area contributed by atoms with E-state index in [4.69, 9.17) is 4.42 Å². The molecule has 0 saturated carbocycles. The van der Waals surface area contributed by atoms with Crippen molar-refractivity contribution >= 4 is 21.9 Å². The first kappa shape index (κ1) is 18.1. The molecule has 0 spiro atoms. The topological polar surface area (TPSA) is 40.8 Å². The highest BCUT2D eigenvalue weighted by molar-refractivity contribution is 6.16. The Labute approximate surface area is 175 Å². The molecule has 0 amide bonds. The Morgan fingerprint density at radius 2 is 1.67 bits per heavy atom. The van der Waals surface area contributed by atoms with E-state index >= 15 is 0 Å². The summed E-state index contributed by atoms with van der Waals surface area (Å²) in [5.41, 5.74) is 8.71. The van der Waals surface area contributed by atoms with Gasteiger partial charge in [0.25, 0.3) is 0 Å². The van der Waals surface area contributed by atoms with Gasteiger partial charge in [0.05, 0.1) is 11.1 Å². The maximum atomic E-state index is 9.73. The van der Waals surface area contributed by atoms with E-state index in [-0.39, 0.29) is 0 Å². The van der Waals surface area contributed by atoms with Crippen LogP contribution in [0.25, 0.3) is 44.3 Å². The van der Waals surface area contributed by atoms with Crippen LogP contribution >= 0.6 is 0 Å². The lowest BCUT2D eigenvalue weighted by Crippen LogP contribution is -2.30. The van der Waals surface area contributed by atoms with E-state index in [2.05, 4.69) is 66.9 Å². The van der Waals surface area contributed by atoms with Crippen molar-refractivity contribution in [2.45, 2.75) is 13.8 Å². The standard InChI is InChI=1S/C27H21N2O/c1-17-7-10-19(11-8-17)21-14-12-20(16-28)26-25(21)22-13-9-18(2)24(27(22)30-26)23-6-4-5-15-29(23)3/h4-15H,1-3H3/q+1. The molecule has 30 heavy (non-hydrogen) atoms. The Balaban J connectivity index is 1.93. The van der Waals surface area contributed by atoms with Crippen LogP contribution in [0.15, 0.2) is 77.3 Å². The number of pyridine rings is 1. The zero-order valence-corrected chi connectivity index (χ0v) is 17.2. The molecule has 0 atom stereocenters. The van der Waals surface area contributed by atoms with Gasteiger partial charge in [-0.15, -0.1) is 0 Å². The van der Waals surface area contributed by atoms with Crippen molar-refractivity contribution < 1.29 is 8.98 Å². The summed E-state index contributed by atoms with van der Waals surface area (Å²) in [5, 5.41) is 11.8. The van der Waals surface area contributed by atoms with Crippen LogP contribution < -0.4 is 4.57 Å². The van der Waals surface area contributed by atoms with Crippen LogP contribution in [0.3, 0.4) is 0 Å². The summed E-state index contributed by atoms with van der Waals surface area (Å²) in [6.07, 6.45) is 2.04. The number of nitrogens with zero attached hydrogens (tertiary/aromatic N) is 2. The number of hydrogen-bond donors (Lipinski definition) is 0. The highest BCUT2D eigenvalue weighted by Gasteiger charge is 2.23. The number of furan rings is 1. The van der Waals surface area contributed by atoms with Gasteiger partial charge in [0, 0.05) is 22.9 Å². The van der Waals surface area contributed by atoms with Crippen molar-refractivity contribution in [1.82, 2.24) is 0 Å². The molecule has 0 N–H and O–H groups in total. The van der Waals surface area contributed by atoms with E-state index in [0.717, 1.165) is 44.3 Å². The van der Waals surface area contributed by atoms with Crippen molar-refractivity contribution in [3.63, 3.8) is 0 Å². The van der Waals surface area contributed by atoms with Crippen LogP contribution in [0.4, 0.5) is 0 Å². The lowest BCUT2D eigenvalue weighted by Gasteiger charge is -2.06. The van der Waals surface area contributed by atoms with Gasteiger partial charge in [0.1, 0.15) is 18.7 Å². The number of aromatic nitrogens is 1. The maximum Gasteiger partial charge on any atom is 0.216 e. The molecule has 0 unspecified atom stereocenters. The number of rotatable bonds is 2. The highest BCUT2D eigenvalue weighted by atomic mass is 16.3. The van der Waals surface area contributed by atoms with Crippen LogP contribution in [0.2, 0.25) is 0 Å². The summed E-state index contributed by atoms with van der Waals surface area (Å²) >= 11 is 0. The van der Waals surface area contributed by atoms with Crippen LogP contribution in [0.1, 0.15) is 16.7 Å². The maximum absolute atomic E-state index is 9.73. The van der Waals surface area contributed by atoms with Crippen LogP contribution in [-0.4, -0.2) is 0 Å². The Hall–Kier alpha value is -3.90. The Bertz CT molecular complexity index is 1470. The minimum Gasteiger partial charge on any atom is -0.454 e. The van der Waals surface area contributed by atoms with E-state index in [1.165, 1.54) is 5.56 Å². The van der Waals surface area contributed by atoms with Gasteiger partial charge in [-0.2, -0.15) is 5.26 Å². The minimum atomic E-state index is 0.554. The highest BCUT2D eigenvalue weighted by Crippen LogP contribution is 2.42. The normalized spacial score (nSPS) is 11.1. The summed E-state index contributed by atoms with van der Waals surface area (Å²) in [7, 11) is 2.04. The predicted octanol–water partition coefficient (Wildman–Crippen LogP) is 6.23. The second-order valence-electron chi connectivity index (χ2n) is 7.78. The molecule has 5 rings (SSSR count). The molecule has 2 heterocycles. The van der Waals surface area contributed by atoms with Gasteiger partial charge in [0.2, 0.25) is 5.69 Å². The molecule has 144 valence electrons. The van der Waals surface area contributed by atoms with Gasteiger partial charge in [-0.3, -0.25) is 0 Å². The molecule has 2 aromatic heterocycles. The van der Waals surface area contributed by atoms with Crippen LogP contribution in [0, 0.1) is 25.2 Å². The van der Waals surface area contributed by atoms with E-state index in [9.17, 15) is 5.26 Å². The lowest BCUT2D eigenvalue weighted by atomic mass is 9.95. The Kier molecular flexibility index (Phi) is 4.15. The van der Waals surface area contributed by atoms with Crippen molar-refractivity contribution in [1.29, 1.82) is 5.26 Å². The average Bonchev–Trinajstić information content (AvgIpc) is 3.14. The number of fused-ring (bicyclic) bond motifs is 3. The van der Waals surface area contributed by atoms with Crippen molar-refractivity contribution in [2.75, 3.05) is 0 Å². The average molecular weight is 389 g/mol. The fourth-order valence-electron chi connectivity index (χ4n) is 4.21. The fraction of sp³-hybridized carbons (Fsp3) is 0.111. The summed E-state index contributed by atoms with van der Waals surface area (Å²) < 4.78 is 8.54. The first-order chi connectivity index (χ1) is 14.6. The van der Waals surface area contributed by atoms with Gasteiger partial charge in [-0.25, -0.2) is 4.57 Å². The molecule has 0 aliphatic rings. The molecule has 0 aliphatic carbocycles. The number of hydrogen-bond acceptors (Lipinski definition) is 2. The van der Waals surface area contributed by atoms with Gasteiger partial charge in [-0.05, 0) is 42.7 Å². The van der Waals surface area contributed by atoms with Gasteiger partial charge in [0.15, 0.2) is 11.8 Å².